The number of rotatable bonds is 1. The monoisotopic (exact) mass is 336 g/mol. The van der Waals surface area contributed by atoms with E-state index in [2.05, 4.69) is 0 Å². The lowest BCUT2D eigenvalue weighted by Crippen LogP contribution is -2.23. The SMILES string of the molecule is O=C1CCC(c2ccc(O)c3c2C(=O)CCC3=O)c2cccc(O)c21. The van der Waals surface area contributed by atoms with Gasteiger partial charge in [-0.25, -0.2) is 0 Å². The van der Waals surface area contributed by atoms with Crippen molar-refractivity contribution in [1.82, 2.24) is 0 Å². The molecule has 1 atom stereocenters. The molecule has 2 aliphatic rings. The molecular formula is C20H16O5. The van der Waals surface area contributed by atoms with Crippen molar-refractivity contribution in [2.75, 3.05) is 0 Å². The molecule has 1 unspecified atom stereocenters. The van der Waals surface area contributed by atoms with Crippen molar-refractivity contribution in [3.8, 4) is 11.5 Å². The summed E-state index contributed by atoms with van der Waals surface area (Å²) in [7, 11) is 0. The summed E-state index contributed by atoms with van der Waals surface area (Å²) in [6.45, 7) is 0. The highest BCUT2D eigenvalue weighted by Gasteiger charge is 2.35. The number of phenols is 2. The molecule has 2 N–H and O–H groups in total. The van der Waals surface area contributed by atoms with Gasteiger partial charge >= 0.3 is 0 Å². The number of benzene rings is 2. The fourth-order valence-corrected chi connectivity index (χ4v) is 3.99. The van der Waals surface area contributed by atoms with Gasteiger partial charge in [0.1, 0.15) is 11.5 Å². The van der Waals surface area contributed by atoms with Crippen LogP contribution in [0.1, 0.15) is 73.8 Å². The average molecular weight is 336 g/mol. The molecule has 0 spiro atoms. The summed E-state index contributed by atoms with van der Waals surface area (Å²) in [4.78, 5) is 37.0. The van der Waals surface area contributed by atoms with Crippen LogP contribution in [0, 0.1) is 0 Å². The number of ketones is 3. The first-order valence-electron chi connectivity index (χ1n) is 8.26. The topological polar surface area (TPSA) is 91.7 Å². The van der Waals surface area contributed by atoms with Crippen molar-refractivity contribution in [3.05, 3.63) is 58.1 Å². The number of fused-ring (bicyclic) bond motifs is 2. The second kappa shape index (κ2) is 5.55. The normalized spacial score (nSPS) is 19.5. The number of carbonyl (C=O) groups excluding carboxylic acids is 3. The third-order valence-corrected chi connectivity index (χ3v) is 5.12. The van der Waals surface area contributed by atoms with Gasteiger partial charge in [-0.05, 0) is 29.7 Å². The minimum absolute atomic E-state index is 0.0674. The zero-order valence-electron chi connectivity index (χ0n) is 13.4. The zero-order chi connectivity index (χ0) is 17.7. The van der Waals surface area contributed by atoms with E-state index in [9.17, 15) is 24.6 Å². The predicted octanol–water partition coefficient (Wildman–Crippen LogP) is 3.37. The molecular weight excluding hydrogens is 320 g/mol. The Kier molecular flexibility index (Phi) is 3.46. The summed E-state index contributed by atoms with van der Waals surface area (Å²) in [5, 5.41) is 20.2. The Morgan fingerprint density at radius 2 is 1.28 bits per heavy atom. The molecule has 2 aromatic carbocycles. The van der Waals surface area contributed by atoms with Crippen molar-refractivity contribution in [2.24, 2.45) is 0 Å². The number of aromatic hydroxyl groups is 2. The maximum Gasteiger partial charge on any atom is 0.167 e. The fourth-order valence-electron chi connectivity index (χ4n) is 3.99. The molecule has 0 aromatic heterocycles. The summed E-state index contributed by atoms with van der Waals surface area (Å²) in [5.41, 5.74) is 1.95. The van der Waals surface area contributed by atoms with Gasteiger partial charge in [0.2, 0.25) is 0 Å². The van der Waals surface area contributed by atoms with Gasteiger partial charge in [-0.3, -0.25) is 14.4 Å². The predicted molar refractivity (Wildman–Crippen MR) is 89.5 cm³/mol. The van der Waals surface area contributed by atoms with Gasteiger partial charge in [0.25, 0.3) is 0 Å². The Hall–Kier alpha value is -2.95. The van der Waals surface area contributed by atoms with Crippen LogP contribution < -0.4 is 0 Å². The van der Waals surface area contributed by atoms with E-state index in [1.807, 2.05) is 0 Å². The van der Waals surface area contributed by atoms with Crippen molar-refractivity contribution in [3.63, 3.8) is 0 Å². The van der Waals surface area contributed by atoms with Crippen LogP contribution in [0.2, 0.25) is 0 Å². The van der Waals surface area contributed by atoms with Gasteiger partial charge in [0.05, 0.1) is 11.1 Å². The van der Waals surface area contributed by atoms with Crippen LogP contribution in [0.5, 0.6) is 11.5 Å². The van der Waals surface area contributed by atoms with E-state index in [1.54, 1.807) is 18.2 Å². The third kappa shape index (κ3) is 2.27. The van der Waals surface area contributed by atoms with Crippen LogP contribution in [0.15, 0.2) is 30.3 Å². The van der Waals surface area contributed by atoms with Crippen LogP contribution in [-0.4, -0.2) is 27.6 Å². The summed E-state index contributed by atoms with van der Waals surface area (Å²) >= 11 is 0. The Morgan fingerprint density at radius 1 is 0.680 bits per heavy atom. The van der Waals surface area contributed by atoms with E-state index < -0.39 is 0 Å². The Morgan fingerprint density at radius 3 is 2.04 bits per heavy atom. The molecule has 0 heterocycles. The molecule has 5 nitrogen and oxygen atoms in total. The summed E-state index contributed by atoms with van der Waals surface area (Å²) in [6.07, 6.45) is 0.977. The largest absolute Gasteiger partial charge is 0.507 e. The van der Waals surface area contributed by atoms with Gasteiger partial charge in [0.15, 0.2) is 17.3 Å². The molecule has 0 bridgehead atoms. The molecule has 126 valence electrons. The van der Waals surface area contributed by atoms with Gasteiger partial charge in [0, 0.05) is 30.7 Å². The highest BCUT2D eigenvalue weighted by molar-refractivity contribution is 6.16. The van der Waals surface area contributed by atoms with Crippen LogP contribution in [0.25, 0.3) is 0 Å². The lowest BCUT2D eigenvalue weighted by atomic mass is 9.73. The van der Waals surface area contributed by atoms with E-state index in [4.69, 9.17) is 0 Å². The van der Waals surface area contributed by atoms with Gasteiger partial charge in [-0.1, -0.05) is 18.2 Å². The van der Waals surface area contributed by atoms with E-state index >= 15 is 0 Å². The second-order valence-corrected chi connectivity index (χ2v) is 6.53. The maximum atomic E-state index is 12.5. The first kappa shape index (κ1) is 15.6. The van der Waals surface area contributed by atoms with Gasteiger partial charge in [-0.2, -0.15) is 0 Å². The molecule has 2 aromatic rings. The minimum Gasteiger partial charge on any atom is -0.507 e. The van der Waals surface area contributed by atoms with Crippen molar-refractivity contribution in [2.45, 2.75) is 31.6 Å². The fraction of sp³-hybridized carbons (Fsp3) is 0.250. The van der Waals surface area contributed by atoms with Crippen LogP contribution >= 0.6 is 0 Å². The third-order valence-electron chi connectivity index (χ3n) is 5.12. The van der Waals surface area contributed by atoms with Crippen LogP contribution in [0.3, 0.4) is 0 Å². The first-order chi connectivity index (χ1) is 12.0. The van der Waals surface area contributed by atoms with Crippen molar-refractivity contribution < 1.29 is 24.6 Å². The molecule has 25 heavy (non-hydrogen) atoms. The minimum atomic E-state index is -0.274. The molecule has 0 amide bonds. The number of hydrogen-bond acceptors (Lipinski definition) is 5. The highest BCUT2D eigenvalue weighted by Crippen LogP contribution is 2.44. The van der Waals surface area contributed by atoms with Crippen molar-refractivity contribution >= 4 is 17.3 Å². The molecule has 0 aliphatic heterocycles. The Bertz CT molecular complexity index is 941. The molecule has 5 heteroatoms. The smallest absolute Gasteiger partial charge is 0.167 e. The van der Waals surface area contributed by atoms with E-state index in [0.29, 0.717) is 17.5 Å². The van der Waals surface area contributed by atoms with Crippen LogP contribution in [-0.2, 0) is 0 Å². The molecule has 0 saturated carbocycles. The van der Waals surface area contributed by atoms with E-state index in [-0.39, 0.29) is 70.7 Å². The van der Waals surface area contributed by atoms with Crippen molar-refractivity contribution in [1.29, 1.82) is 0 Å². The maximum absolute atomic E-state index is 12.5. The Labute approximate surface area is 143 Å². The summed E-state index contributed by atoms with van der Waals surface area (Å²) < 4.78 is 0. The lowest BCUT2D eigenvalue weighted by Gasteiger charge is -2.29. The van der Waals surface area contributed by atoms with E-state index in [1.165, 1.54) is 12.1 Å². The number of Topliss-reactive ketones (excluding diaryl/α,β-unsaturated/α-hetero) is 3. The number of phenolic OH excluding ortho intramolecular Hbond substituents is 2. The Balaban J connectivity index is 1.96. The summed E-state index contributed by atoms with van der Waals surface area (Å²) in [5.74, 6) is -1.05. The zero-order valence-corrected chi connectivity index (χ0v) is 13.4. The second-order valence-electron chi connectivity index (χ2n) is 6.53. The molecule has 0 saturated heterocycles. The van der Waals surface area contributed by atoms with E-state index in [0.717, 1.165) is 0 Å². The highest BCUT2D eigenvalue weighted by atomic mass is 16.3. The molecule has 4 rings (SSSR count). The van der Waals surface area contributed by atoms with Gasteiger partial charge in [-0.15, -0.1) is 0 Å². The molecule has 0 fully saturated rings. The standard InChI is InChI=1S/C20H16O5/c21-13-3-1-2-11-10(4-6-14(22)18(11)13)12-5-7-16(24)20-17(25)9-8-15(23)19(12)20/h1-3,5,7,10,21,24H,4,6,8-9H2. The average Bonchev–Trinajstić information content (AvgIpc) is 2.59. The number of carbonyl (C=O) groups is 3. The molecule has 2 aliphatic carbocycles. The molecule has 0 radical (unpaired) electrons. The first-order valence-corrected chi connectivity index (χ1v) is 8.26. The lowest BCUT2D eigenvalue weighted by molar-refractivity contribution is 0.0886. The number of hydrogen-bond donors (Lipinski definition) is 2. The van der Waals surface area contributed by atoms with Crippen LogP contribution in [0.4, 0.5) is 0 Å². The quantitative estimate of drug-likeness (QED) is 0.833. The summed E-state index contributed by atoms with van der Waals surface area (Å²) in [6, 6.07) is 7.99. The van der Waals surface area contributed by atoms with Gasteiger partial charge < -0.3 is 10.2 Å².